The summed E-state index contributed by atoms with van der Waals surface area (Å²) in [5, 5.41) is 1.19. The fourth-order valence-corrected chi connectivity index (χ4v) is 2.30. The van der Waals surface area contributed by atoms with Crippen molar-refractivity contribution in [2.45, 2.75) is 0 Å². The Balaban J connectivity index is 2.12. The molecular formula is C15H8ClF2NO. The molecule has 0 aliphatic carbocycles. The molecular weight excluding hydrogens is 284 g/mol. The first-order valence-electron chi connectivity index (χ1n) is 5.82. The standard InChI is InChI=1S/C15H8ClF2NO/c16-9-1-2-12-13(7-19-14(12)5-9)15(20)8-3-10(17)6-11(18)4-8/h1-7,19H. The van der Waals surface area contributed by atoms with Crippen molar-refractivity contribution < 1.29 is 13.6 Å². The molecule has 0 saturated carbocycles. The fourth-order valence-electron chi connectivity index (χ4n) is 2.13. The van der Waals surface area contributed by atoms with E-state index in [-0.39, 0.29) is 5.56 Å². The van der Waals surface area contributed by atoms with E-state index in [9.17, 15) is 13.6 Å². The van der Waals surface area contributed by atoms with Gasteiger partial charge in [0.25, 0.3) is 0 Å². The summed E-state index contributed by atoms with van der Waals surface area (Å²) in [5.41, 5.74) is 1.01. The minimum atomic E-state index is -0.781. The molecule has 0 spiro atoms. The Bertz CT molecular complexity index is 806. The predicted molar refractivity (Wildman–Crippen MR) is 73.1 cm³/mol. The summed E-state index contributed by atoms with van der Waals surface area (Å²) in [7, 11) is 0. The number of rotatable bonds is 2. The first kappa shape index (κ1) is 12.8. The van der Waals surface area contributed by atoms with Gasteiger partial charge in [-0.3, -0.25) is 4.79 Å². The van der Waals surface area contributed by atoms with E-state index in [1.807, 2.05) is 0 Å². The zero-order chi connectivity index (χ0) is 14.3. The Morgan fingerprint density at radius 3 is 2.45 bits per heavy atom. The van der Waals surface area contributed by atoms with Crippen LogP contribution < -0.4 is 0 Å². The van der Waals surface area contributed by atoms with Gasteiger partial charge in [0.2, 0.25) is 0 Å². The molecule has 0 aliphatic heterocycles. The minimum absolute atomic E-state index is 0.0293. The topological polar surface area (TPSA) is 32.9 Å². The molecule has 1 heterocycles. The number of nitrogens with one attached hydrogen (secondary N) is 1. The highest BCUT2D eigenvalue weighted by atomic mass is 35.5. The highest BCUT2D eigenvalue weighted by Crippen LogP contribution is 2.24. The molecule has 0 radical (unpaired) electrons. The van der Waals surface area contributed by atoms with Gasteiger partial charge in [-0.2, -0.15) is 0 Å². The monoisotopic (exact) mass is 291 g/mol. The van der Waals surface area contributed by atoms with Gasteiger partial charge in [-0.15, -0.1) is 0 Å². The smallest absolute Gasteiger partial charge is 0.195 e. The number of hydrogen-bond donors (Lipinski definition) is 1. The maximum Gasteiger partial charge on any atom is 0.195 e. The third kappa shape index (κ3) is 2.18. The van der Waals surface area contributed by atoms with Crippen LogP contribution in [0.4, 0.5) is 8.78 Å². The number of H-pyrrole nitrogens is 1. The highest BCUT2D eigenvalue weighted by molar-refractivity contribution is 6.31. The molecule has 3 rings (SSSR count). The summed E-state index contributed by atoms with van der Waals surface area (Å²) in [5.74, 6) is -2.01. The lowest BCUT2D eigenvalue weighted by molar-refractivity contribution is 0.103. The number of ketones is 1. The van der Waals surface area contributed by atoms with Gasteiger partial charge in [0, 0.05) is 39.3 Å². The summed E-state index contributed by atoms with van der Waals surface area (Å²) in [6.07, 6.45) is 1.51. The van der Waals surface area contributed by atoms with E-state index < -0.39 is 17.4 Å². The zero-order valence-corrected chi connectivity index (χ0v) is 10.8. The van der Waals surface area contributed by atoms with Gasteiger partial charge in [0.1, 0.15) is 11.6 Å². The second-order valence-electron chi connectivity index (χ2n) is 4.38. The van der Waals surface area contributed by atoms with E-state index in [1.165, 1.54) is 6.20 Å². The van der Waals surface area contributed by atoms with Crippen molar-refractivity contribution in [3.63, 3.8) is 0 Å². The molecule has 0 amide bonds. The molecule has 5 heteroatoms. The van der Waals surface area contributed by atoms with Crippen LogP contribution in [-0.4, -0.2) is 10.8 Å². The summed E-state index contributed by atoms with van der Waals surface area (Å²) in [6.45, 7) is 0. The van der Waals surface area contributed by atoms with Crippen LogP contribution in [0.2, 0.25) is 5.02 Å². The van der Waals surface area contributed by atoms with Crippen molar-refractivity contribution in [1.82, 2.24) is 4.98 Å². The molecule has 20 heavy (non-hydrogen) atoms. The Morgan fingerprint density at radius 1 is 1.05 bits per heavy atom. The lowest BCUT2D eigenvalue weighted by Gasteiger charge is -2.01. The lowest BCUT2D eigenvalue weighted by atomic mass is 10.0. The Kier molecular flexibility index (Phi) is 3.03. The summed E-state index contributed by atoms with van der Waals surface area (Å²) >= 11 is 5.86. The SMILES string of the molecule is O=C(c1cc(F)cc(F)c1)c1c[nH]c2cc(Cl)ccc12. The molecule has 0 unspecified atom stereocenters. The van der Waals surface area contributed by atoms with Crippen molar-refractivity contribution in [2.75, 3.05) is 0 Å². The third-order valence-electron chi connectivity index (χ3n) is 3.01. The van der Waals surface area contributed by atoms with Gasteiger partial charge in [0.05, 0.1) is 0 Å². The van der Waals surface area contributed by atoms with Gasteiger partial charge in [-0.05, 0) is 24.3 Å². The molecule has 2 aromatic carbocycles. The molecule has 100 valence electrons. The molecule has 1 N–H and O–H groups in total. The van der Waals surface area contributed by atoms with Crippen molar-refractivity contribution in [1.29, 1.82) is 0 Å². The number of carbonyl (C=O) groups excluding carboxylic acids is 1. The van der Waals surface area contributed by atoms with Gasteiger partial charge >= 0.3 is 0 Å². The number of halogens is 3. The van der Waals surface area contributed by atoms with Crippen LogP contribution in [0.1, 0.15) is 15.9 Å². The quantitative estimate of drug-likeness (QED) is 0.700. The van der Waals surface area contributed by atoms with Gasteiger partial charge in [0.15, 0.2) is 5.78 Å². The van der Waals surface area contributed by atoms with E-state index in [0.717, 1.165) is 18.2 Å². The van der Waals surface area contributed by atoms with E-state index in [2.05, 4.69) is 4.98 Å². The lowest BCUT2D eigenvalue weighted by Crippen LogP contribution is -2.01. The minimum Gasteiger partial charge on any atom is -0.360 e. The van der Waals surface area contributed by atoms with E-state index in [1.54, 1.807) is 18.2 Å². The van der Waals surface area contributed by atoms with Crippen LogP contribution in [-0.2, 0) is 0 Å². The summed E-state index contributed by atoms with van der Waals surface area (Å²) in [4.78, 5) is 15.2. The predicted octanol–water partition coefficient (Wildman–Crippen LogP) is 4.33. The highest BCUT2D eigenvalue weighted by Gasteiger charge is 2.16. The van der Waals surface area contributed by atoms with E-state index in [0.29, 0.717) is 21.5 Å². The second kappa shape index (κ2) is 4.72. The van der Waals surface area contributed by atoms with Crippen LogP contribution in [0.15, 0.2) is 42.6 Å². The molecule has 0 fully saturated rings. The first-order chi connectivity index (χ1) is 9.54. The van der Waals surface area contributed by atoms with Crippen molar-refractivity contribution in [3.05, 3.63) is 70.4 Å². The fraction of sp³-hybridized carbons (Fsp3) is 0. The number of carbonyl (C=O) groups is 1. The van der Waals surface area contributed by atoms with Gasteiger partial charge in [-0.1, -0.05) is 17.7 Å². The molecule has 0 bridgehead atoms. The molecule has 2 nitrogen and oxygen atoms in total. The first-order valence-corrected chi connectivity index (χ1v) is 6.20. The van der Waals surface area contributed by atoms with E-state index >= 15 is 0 Å². The van der Waals surface area contributed by atoms with Crippen LogP contribution in [0.25, 0.3) is 10.9 Å². The van der Waals surface area contributed by atoms with Crippen molar-refractivity contribution >= 4 is 28.3 Å². The number of fused-ring (bicyclic) bond motifs is 1. The van der Waals surface area contributed by atoms with Gasteiger partial charge in [-0.25, -0.2) is 8.78 Å². The Labute approximate surface area is 118 Å². The number of hydrogen-bond acceptors (Lipinski definition) is 1. The molecule has 3 aromatic rings. The van der Waals surface area contributed by atoms with Crippen LogP contribution in [0, 0.1) is 11.6 Å². The Morgan fingerprint density at radius 2 is 1.75 bits per heavy atom. The normalized spacial score (nSPS) is 10.9. The van der Waals surface area contributed by atoms with Crippen LogP contribution in [0.5, 0.6) is 0 Å². The van der Waals surface area contributed by atoms with Crippen molar-refractivity contribution in [2.24, 2.45) is 0 Å². The van der Waals surface area contributed by atoms with Crippen molar-refractivity contribution in [3.8, 4) is 0 Å². The number of benzene rings is 2. The average Bonchev–Trinajstić information content (AvgIpc) is 2.79. The largest absolute Gasteiger partial charge is 0.360 e. The van der Waals surface area contributed by atoms with Crippen LogP contribution in [0.3, 0.4) is 0 Å². The molecule has 0 saturated heterocycles. The van der Waals surface area contributed by atoms with Crippen LogP contribution >= 0.6 is 11.6 Å². The second-order valence-corrected chi connectivity index (χ2v) is 4.82. The average molecular weight is 292 g/mol. The van der Waals surface area contributed by atoms with Gasteiger partial charge < -0.3 is 4.98 Å². The summed E-state index contributed by atoms with van der Waals surface area (Å²) < 4.78 is 26.4. The molecule has 0 aliphatic rings. The maximum atomic E-state index is 13.2. The molecule has 1 aromatic heterocycles. The maximum absolute atomic E-state index is 13.2. The Hall–Kier alpha value is -2.20. The number of aromatic amines is 1. The number of aromatic nitrogens is 1. The molecule has 0 atom stereocenters. The van der Waals surface area contributed by atoms with E-state index in [4.69, 9.17) is 11.6 Å². The zero-order valence-electron chi connectivity index (χ0n) is 10.1. The third-order valence-corrected chi connectivity index (χ3v) is 3.25. The summed E-state index contributed by atoms with van der Waals surface area (Å²) in [6, 6.07) is 7.78.